The lowest BCUT2D eigenvalue weighted by Crippen LogP contribution is -2.06. The number of nitrogens with zero attached hydrogens (tertiary/aromatic N) is 2. The highest BCUT2D eigenvalue weighted by atomic mass is 19.3. The third kappa shape index (κ3) is 3.09. The lowest BCUT2D eigenvalue weighted by Gasteiger charge is -2.12. The number of halogens is 4. The third-order valence-electron chi connectivity index (χ3n) is 2.64. The lowest BCUT2D eigenvalue weighted by molar-refractivity contribution is 0.0173. The minimum absolute atomic E-state index is 0.0527. The van der Waals surface area contributed by atoms with Crippen LogP contribution < -0.4 is 4.74 Å². The smallest absolute Gasteiger partial charge is 0.282 e. The molecule has 1 aromatic carbocycles. The molecular weight excluding hydrogens is 276 g/mol. The van der Waals surface area contributed by atoms with E-state index in [0.29, 0.717) is 0 Å². The van der Waals surface area contributed by atoms with Gasteiger partial charge in [0, 0.05) is 25.6 Å². The van der Waals surface area contributed by atoms with Crippen molar-refractivity contribution >= 4 is 0 Å². The van der Waals surface area contributed by atoms with Gasteiger partial charge >= 0.3 is 0 Å². The first-order chi connectivity index (χ1) is 9.27. The van der Waals surface area contributed by atoms with Crippen molar-refractivity contribution in [2.75, 3.05) is 0 Å². The van der Waals surface area contributed by atoms with Gasteiger partial charge in [0.1, 0.15) is 11.4 Å². The maximum atomic E-state index is 13.2. The van der Waals surface area contributed by atoms with Gasteiger partial charge in [-0.25, -0.2) is 22.2 Å². The van der Waals surface area contributed by atoms with Gasteiger partial charge in [-0.05, 0) is 12.1 Å². The number of aromatic nitrogens is 2. The van der Waals surface area contributed by atoms with E-state index in [-0.39, 0.29) is 17.2 Å². The second kappa shape index (κ2) is 5.15. The zero-order valence-corrected chi connectivity index (χ0v) is 10.8. The first kappa shape index (κ1) is 14.4. The SMILES string of the molecule is Cn1nc(C(F)F)cc1Oc1cccc(C(C)(F)F)c1. The van der Waals surface area contributed by atoms with E-state index in [4.69, 9.17) is 4.74 Å². The van der Waals surface area contributed by atoms with E-state index in [1.807, 2.05) is 0 Å². The fourth-order valence-corrected chi connectivity index (χ4v) is 1.63. The van der Waals surface area contributed by atoms with Crippen molar-refractivity contribution in [1.29, 1.82) is 0 Å². The van der Waals surface area contributed by atoms with E-state index >= 15 is 0 Å². The average molecular weight is 288 g/mol. The molecule has 0 amide bonds. The summed E-state index contributed by atoms with van der Waals surface area (Å²) in [6, 6.07) is 6.37. The number of rotatable bonds is 4. The molecule has 0 aliphatic rings. The van der Waals surface area contributed by atoms with Crippen LogP contribution in [0, 0.1) is 0 Å². The zero-order chi connectivity index (χ0) is 14.9. The Hall–Kier alpha value is -2.05. The molecule has 0 saturated heterocycles. The van der Waals surface area contributed by atoms with Gasteiger partial charge in [-0.15, -0.1) is 0 Å². The third-order valence-corrected chi connectivity index (χ3v) is 2.64. The van der Waals surface area contributed by atoms with E-state index < -0.39 is 18.0 Å². The van der Waals surface area contributed by atoms with E-state index in [1.54, 1.807) is 0 Å². The standard InChI is InChI=1S/C13H12F4N2O/c1-13(16,17)8-4-3-5-9(6-8)20-11-7-10(12(14)15)18-19(11)2/h3-7,12H,1-2H3. The van der Waals surface area contributed by atoms with Crippen LogP contribution in [0.2, 0.25) is 0 Å². The molecule has 0 spiro atoms. The Morgan fingerprint density at radius 1 is 1.25 bits per heavy atom. The molecule has 0 unspecified atom stereocenters. The van der Waals surface area contributed by atoms with Crippen molar-refractivity contribution < 1.29 is 22.3 Å². The molecule has 7 heteroatoms. The number of alkyl halides is 4. The number of aryl methyl sites for hydroxylation is 1. The average Bonchev–Trinajstić information content (AvgIpc) is 2.70. The molecule has 0 N–H and O–H groups in total. The molecule has 0 bridgehead atoms. The molecule has 2 aromatic rings. The molecule has 1 heterocycles. The maximum Gasteiger partial charge on any atom is 0.282 e. The number of hydrogen-bond acceptors (Lipinski definition) is 2. The summed E-state index contributed by atoms with van der Waals surface area (Å²) in [6.45, 7) is 0.769. The van der Waals surface area contributed by atoms with Crippen molar-refractivity contribution in [3.63, 3.8) is 0 Å². The summed E-state index contributed by atoms with van der Waals surface area (Å²) >= 11 is 0. The van der Waals surface area contributed by atoms with E-state index in [9.17, 15) is 17.6 Å². The molecule has 0 atom stereocenters. The highest BCUT2D eigenvalue weighted by Crippen LogP contribution is 2.31. The Kier molecular flexibility index (Phi) is 3.69. The quantitative estimate of drug-likeness (QED) is 0.786. The van der Waals surface area contributed by atoms with Crippen LogP contribution in [0.25, 0.3) is 0 Å². The maximum absolute atomic E-state index is 13.2. The minimum atomic E-state index is -3.00. The fraction of sp³-hybridized carbons (Fsp3) is 0.308. The Balaban J connectivity index is 2.26. The van der Waals surface area contributed by atoms with Gasteiger partial charge in [0.25, 0.3) is 12.3 Å². The van der Waals surface area contributed by atoms with Crippen LogP contribution in [0.1, 0.15) is 24.6 Å². The monoisotopic (exact) mass is 288 g/mol. The van der Waals surface area contributed by atoms with Crippen molar-refractivity contribution in [2.45, 2.75) is 19.3 Å². The Labute approximate surface area is 112 Å². The lowest BCUT2D eigenvalue weighted by atomic mass is 10.1. The molecule has 0 saturated carbocycles. The fourth-order valence-electron chi connectivity index (χ4n) is 1.63. The van der Waals surface area contributed by atoms with Crippen LogP contribution in [0.4, 0.5) is 17.6 Å². The second-order valence-corrected chi connectivity index (χ2v) is 4.35. The predicted octanol–water partition coefficient (Wildman–Crippen LogP) is 4.26. The van der Waals surface area contributed by atoms with E-state index in [0.717, 1.165) is 23.7 Å². The summed E-state index contributed by atoms with van der Waals surface area (Å²) in [5.41, 5.74) is -0.647. The molecule has 0 aliphatic carbocycles. The molecule has 108 valence electrons. The first-order valence-corrected chi connectivity index (χ1v) is 5.75. The van der Waals surface area contributed by atoms with Gasteiger partial charge in [0.15, 0.2) is 0 Å². The molecular formula is C13H12F4N2O. The van der Waals surface area contributed by atoms with Crippen molar-refractivity contribution in [3.8, 4) is 11.6 Å². The minimum Gasteiger partial charge on any atom is -0.439 e. The van der Waals surface area contributed by atoms with Gasteiger partial charge in [-0.1, -0.05) is 12.1 Å². The highest BCUT2D eigenvalue weighted by molar-refractivity contribution is 5.34. The van der Waals surface area contributed by atoms with E-state index in [2.05, 4.69) is 5.10 Å². The van der Waals surface area contributed by atoms with Crippen LogP contribution in [0.15, 0.2) is 30.3 Å². The van der Waals surface area contributed by atoms with Crippen molar-refractivity contribution in [2.24, 2.45) is 7.05 Å². The largest absolute Gasteiger partial charge is 0.439 e. The normalized spacial score (nSPS) is 11.9. The zero-order valence-electron chi connectivity index (χ0n) is 10.8. The Morgan fingerprint density at radius 3 is 2.50 bits per heavy atom. The number of hydrogen-bond donors (Lipinski definition) is 0. The second-order valence-electron chi connectivity index (χ2n) is 4.35. The summed E-state index contributed by atoms with van der Waals surface area (Å²) in [7, 11) is 1.43. The first-order valence-electron chi connectivity index (χ1n) is 5.75. The molecule has 0 aliphatic heterocycles. The summed E-state index contributed by atoms with van der Waals surface area (Å²) in [5.74, 6) is -2.82. The summed E-state index contributed by atoms with van der Waals surface area (Å²) < 4.78 is 57.8. The Bertz CT molecular complexity index is 605. The number of benzene rings is 1. The van der Waals surface area contributed by atoms with Gasteiger partial charge in [0.2, 0.25) is 5.88 Å². The molecule has 3 nitrogen and oxygen atoms in total. The predicted molar refractivity (Wildman–Crippen MR) is 64.2 cm³/mol. The molecule has 1 aromatic heterocycles. The Morgan fingerprint density at radius 2 is 1.95 bits per heavy atom. The van der Waals surface area contributed by atoms with Crippen LogP contribution in [-0.4, -0.2) is 9.78 Å². The van der Waals surface area contributed by atoms with E-state index in [1.165, 1.54) is 25.2 Å². The van der Waals surface area contributed by atoms with Crippen molar-refractivity contribution in [3.05, 3.63) is 41.6 Å². The summed E-state index contributed by atoms with van der Waals surface area (Å²) in [5, 5.41) is 3.57. The highest BCUT2D eigenvalue weighted by Gasteiger charge is 2.24. The summed E-state index contributed by atoms with van der Waals surface area (Å²) in [6.07, 6.45) is -2.72. The molecule has 2 rings (SSSR count). The summed E-state index contributed by atoms with van der Waals surface area (Å²) in [4.78, 5) is 0. The van der Waals surface area contributed by atoms with Gasteiger partial charge < -0.3 is 4.74 Å². The number of ether oxygens (including phenoxy) is 1. The molecule has 20 heavy (non-hydrogen) atoms. The molecule has 0 fully saturated rings. The van der Waals surface area contributed by atoms with Crippen molar-refractivity contribution in [1.82, 2.24) is 9.78 Å². The van der Waals surface area contributed by atoms with Crippen LogP contribution in [0.5, 0.6) is 11.6 Å². The van der Waals surface area contributed by atoms with Gasteiger partial charge in [-0.2, -0.15) is 5.10 Å². The van der Waals surface area contributed by atoms with Crippen LogP contribution in [0.3, 0.4) is 0 Å². The topological polar surface area (TPSA) is 27.1 Å². The van der Waals surface area contributed by atoms with Crippen LogP contribution in [-0.2, 0) is 13.0 Å². The van der Waals surface area contributed by atoms with Gasteiger partial charge in [-0.3, -0.25) is 0 Å². The van der Waals surface area contributed by atoms with Gasteiger partial charge in [0.05, 0.1) is 0 Å². The molecule has 0 radical (unpaired) electrons. The van der Waals surface area contributed by atoms with Crippen LogP contribution >= 0.6 is 0 Å².